The second-order valence-corrected chi connectivity index (χ2v) is 11.8. The lowest BCUT2D eigenvalue weighted by molar-refractivity contribution is -0.253. The van der Waals surface area contributed by atoms with Gasteiger partial charge in [0, 0.05) is 16.8 Å². The number of halogens is 1. The third kappa shape index (κ3) is 9.41. The van der Waals surface area contributed by atoms with Crippen LogP contribution in [0.3, 0.4) is 0 Å². The molecule has 0 spiro atoms. The Balaban J connectivity index is 1.48. The second kappa shape index (κ2) is 16.1. The highest BCUT2D eigenvalue weighted by molar-refractivity contribution is 7.99. The Bertz CT molecular complexity index is 1390. The van der Waals surface area contributed by atoms with Gasteiger partial charge in [0.1, 0.15) is 36.5 Å². The molecule has 8 heteroatoms. The SMILES string of the molecule is CC(=O)OC[C@H]1O[C@@H](Sc2ccc(Cl)cc2)[C@H](OCc2ccccc2)[C@@H](OCc2ccccc2)[C@H]1OCc1ccccc1. The van der Waals surface area contributed by atoms with E-state index in [1.54, 1.807) is 0 Å². The van der Waals surface area contributed by atoms with E-state index in [1.807, 2.05) is 115 Å². The minimum atomic E-state index is -0.602. The molecule has 4 aromatic rings. The van der Waals surface area contributed by atoms with Crippen LogP contribution in [0.15, 0.2) is 120 Å². The lowest BCUT2D eigenvalue weighted by Crippen LogP contribution is -2.60. The molecule has 1 heterocycles. The fraction of sp³-hybridized carbons (Fsp3) is 0.286. The number of thioether (sulfide) groups is 1. The Morgan fingerprint density at radius 1 is 0.674 bits per heavy atom. The smallest absolute Gasteiger partial charge is 0.302 e. The first-order valence-electron chi connectivity index (χ1n) is 14.2. The Labute approximate surface area is 262 Å². The maximum absolute atomic E-state index is 11.9. The molecule has 5 rings (SSSR count). The summed E-state index contributed by atoms with van der Waals surface area (Å²) >= 11 is 7.69. The van der Waals surface area contributed by atoms with Crippen LogP contribution in [0.4, 0.5) is 0 Å². The van der Waals surface area contributed by atoms with Gasteiger partial charge in [-0.2, -0.15) is 0 Å². The molecule has 1 fully saturated rings. The van der Waals surface area contributed by atoms with Crippen LogP contribution in [-0.4, -0.2) is 42.4 Å². The molecule has 0 saturated carbocycles. The quantitative estimate of drug-likeness (QED) is 0.144. The number of hydrogen-bond acceptors (Lipinski definition) is 7. The van der Waals surface area contributed by atoms with E-state index >= 15 is 0 Å². The minimum absolute atomic E-state index is 0.0169. The summed E-state index contributed by atoms with van der Waals surface area (Å²) in [6, 6.07) is 37.5. The Hall–Kier alpha value is -3.17. The van der Waals surface area contributed by atoms with Crippen molar-refractivity contribution in [3.05, 3.63) is 137 Å². The van der Waals surface area contributed by atoms with Crippen molar-refractivity contribution in [3.8, 4) is 0 Å². The van der Waals surface area contributed by atoms with Crippen LogP contribution in [0.25, 0.3) is 0 Å². The van der Waals surface area contributed by atoms with Gasteiger partial charge < -0.3 is 23.7 Å². The molecule has 1 aliphatic heterocycles. The van der Waals surface area contributed by atoms with Gasteiger partial charge >= 0.3 is 5.97 Å². The molecule has 0 bridgehead atoms. The molecule has 224 valence electrons. The topological polar surface area (TPSA) is 63.2 Å². The van der Waals surface area contributed by atoms with E-state index in [4.69, 9.17) is 35.3 Å². The molecule has 0 aliphatic carbocycles. The summed E-state index contributed by atoms with van der Waals surface area (Å²) in [6.07, 6.45) is -2.27. The first-order valence-corrected chi connectivity index (χ1v) is 15.5. The zero-order chi connectivity index (χ0) is 29.9. The van der Waals surface area contributed by atoms with E-state index in [1.165, 1.54) is 18.7 Å². The predicted octanol–water partition coefficient (Wildman–Crippen LogP) is 7.48. The summed E-state index contributed by atoms with van der Waals surface area (Å²) in [5, 5.41) is 0.650. The number of carbonyl (C=O) groups excluding carboxylic acids is 1. The monoisotopic (exact) mass is 618 g/mol. The van der Waals surface area contributed by atoms with E-state index in [2.05, 4.69) is 0 Å². The van der Waals surface area contributed by atoms with Crippen molar-refractivity contribution >= 4 is 29.3 Å². The summed E-state index contributed by atoms with van der Waals surface area (Å²) in [4.78, 5) is 12.9. The van der Waals surface area contributed by atoms with E-state index in [-0.39, 0.29) is 6.61 Å². The zero-order valence-corrected chi connectivity index (χ0v) is 25.5. The van der Waals surface area contributed by atoms with Gasteiger partial charge in [-0.3, -0.25) is 4.79 Å². The van der Waals surface area contributed by atoms with Crippen LogP contribution in [0.2, 0.25) is 5.02 Å². The third-order valence-corrected chi connectivity index (χ3v) is 8.37. The van der Waals surface area contributed by atoms with Crippen LogP contribution in [0, 0.1) is 0 Å². The third-order valence-electron chi connectivity index (χ3n) is 6.96. The molecular formula is C35H35ClO6S. The van der Waals surface area contributed by atoms with Crippen LogP contribution < -0.4 is 0 Å². The van der Waals surface area contributed by atoms with Crippen molar-refractivity contribution in [1.29, 1.82) is 0 Å². The van der Waals surface area contributed by atoms with Crippen LogP contribution in [-0.2, 0) is 48.3 Å². The normalized spacial score (nSPS) is 21.8. The van der Waals surface area contributed by atoms with Crippen molar-refractivity contribution in [2.24, 2.45) is 0 Å². The van der Waals surface area contributed by atoms with E-state index < -0.39 is 35.8 Å². The van der Waals surface area contributed by atoms with Gasteiger partial charge in [0.15, 0.2) is 0 Å². The van der Waals surface area contributed by atoms with Gasteiger partial charge in [-0.1, -0.05) is 114 Å². The highest BCUT2D eigenvalue weighted by atomic mass is 35.5. The van der Waals surface area contributed by atoms with Gasteiger partial charge in [0.25, 0.3) is 0 Å². The highest BCUT2D eigenvalue weighted by Gasteiger charge is 2.49. The van der Waals surface area contributed by atoms with Crippen molar-refractivity contribution < 1.29 is 28.5 Å². The molecule has 6 nitrogen and oxygen atoms in total. The van der Waals surface area contributed by atoms with Gasteiger partial charge in [-0.25, -0.2) is 0 Å². The molecular weight excluding hydrogens is 584 g/mol. The summed E-state index contributed by atoms with van der Waals surface area (Å²) in [6.45, 7) is 2.44. The largest absolute Gasteiger partial charge is 0.463 e. The summed E-state index contributed by atoms with van der Waals surface area (Å²) < 4.78 is 32.1. The average Bonchev–Trinajstić information content (AvgIpc) is 3.04. The fourth-order valence-corrected chi connectivity index (χ4v) is 6.07. The molecule has 0 amide bonds. The van der Waals surface area contributed by atoms with E-state index in [0.29, 0.717) is 24.8 Å². The van der Waals surface area contributed by atoms with Crippen LogP contribution >= 0.6 is 23.4 Å². The predicted molar refractivity (Wildman–Crippen MR) is 168 cm³/mol. The number of hydrogen-bond donors (Lipinski definition) is 0. The number of rotatable bonds is 13. The fourth-order valence-electron chi connectivity index (χ4n) is 4.82. The van der Waals surface area contributed by atoms with Gasteiger partial charge in [-0.15, -0.1) is 0 Å². The summed E-state index contributed by atoms with van der Waals surface area (Å²) in [5.41, 5.74) is 2.57. The van der Waals surface area contributed by atoms with Crippen molar-refractivity contribution in [2.75, 3.05) is 6.61 Å². The lowest BCUT2D eigenvalue weighted by Gasteiger charge is -2.45. The first kappa shape index (κ1) is 31.3. The molecule has 1 aliphatic rings. The van der Waals surface area contributed by atoms with Gasteiger partial charge in [0.2, 0.25) is 0 Å². The van der Waals surface area contributed by atoms with Crippen molar-refractivity contribution in [2.45, 2.75) is 61.5 Å². The Morgan fingerprint density at radius 2 is 1.14 bits per heavy atom. The number of carbonyl (C=O) groups is 1. The van der Waals surface area contributed by atoms with E-state index in [9.17, 15) is 4.79 Å². The summed E-state index contributed by atoms with van der Waals surface area (Å²) in [7, 11) is 0. The number of benzene rings is 4. The molecule has 4 aromatic carbocycles. The minimum Gasteiger partial charge on any atom is -0.463 e. The van der Waals surface area contributed by atoms with Crippen molar-refractivity contribution in [1.82, 2.24) is 0 Å². The zero-order valence-electron chi connectivity index (χ0n) is 23.9. The van der Waals surface area contributed by atoms with Crippen molar-refractivity contribution in [3.63, 3.8) is 0 Å². The molecule has 0 unspecified atom stereocenters. The van der Waals surface area contributed by atoms with Crippen LogP contribution in [0.5, 0.6) is 0 Å². The molecule has 0 N–H and O–H groups in total. The van der Waals surface area contributed by atoms with Crippen LogP contribution in [0.1, 0.15) is 23.6 Å². The maximum atomic E-state index is 11.9. The van der Waals surface area contributed by atoms with Gasteiger partial charge in [0.05, 0.1) is 19.8 Å². The Kier molecular flexibility index (Phi) is 11.7. The first-order chi connectivity index (χ1) is 21.0. The summed E-state index contributed by atoms with van der Waals surface area (Å²) in [5.74, 6) is -0.392. The molecule has 43 heavy (non-hydrogen) atoms. The van der Waals surface area contributed by atoms with Gasteiger partial charge in [-0.05, 0) is 41.0 Å². The molecule has 0 radical (unpaired) electrons. The molecule has 5 atom stereocenters. The molecule has 0 aromatic heterocycles. The molecule has 1 saturated heterocycles. The number of esters is 1. The Morgan fingerprint density at radius 3 is 1.63 bits per heavy atom. The van der Waals surface area contributed by atoms with E-state index in [0.717, 1.165) is 21.6 Å². The maximum Gasteiger partial charge on any atom is 0.302 e. The second-order valence-electron chi connectivity index (χ2n) is 10.2. The highest BCUT2D eigenvalue weighted by Crippen LogP contribution is 2.38. The standard InChI is InChI=1S/C35H35ClO6S/c1-25(37)38-24-31-32(39-21-26-11-5-2-6-12-26)33(40-22-27-13-7-3-8-14-27)34(41-23-28-15-9-4-10-16-28)35(42-31)43-30-19-17-29(36)18-20-30/h2-20,31-35H,21-24H2,1H3/t31-,32+,33+,34-,35+/m1/s1. The average molecular weight is 619 g/mol. The number of ether oxygens (including phenoxy) is 5. The lowest BCUT2D eigenvalue weighted by atomic mass is 9.99.